The lowest BCUT2D eigenvalue weighted by Gasteiger charge is -2.10. The molecule has 2 rings (SSSR count). The van der Waals surface area contributed by atoms with E-state index in [4.69, 9.17) is 10.5 Å². The van der Waals surface area contributed by atoms with Gasteiger partial charge in [-0.25, -0.2) is 0 Å². The van der Waals surface area contributed by atoms with Crippen molar-refractivity contribution >= 4 is 33.2 Å². The molecular weight excluding hydrogens is 334 g/mol. The summed E-state index contributed by atoms with van der Waals surface area (Å²) in [7, 11) is 0. The van der Waals surface area contributed by atoms with E-state index >= 15 is 0 Å². The highest BCUT2D eigenvalue weighted by molar-refractivity contribution is 9.10. The second-order valence-corrected chi connectivity index (χ2v) is 5.42. The van der Waals surface area contributed by atoms with Crippen LogP contribution in [-0.2, 0) is 4.79 Å². The van der Waals surface area contributed by atoms with Crippen LogP contribution < -0.4 is 15.8 Å². The average molecular weight is 350 g/mol. The minimum Gasteiger partial charge on any atom is -0.491 e. The number of benzene rings is 1. The summed E-state index contributed by atoms with van der Waals surface area (Å²) in [5, 5.41) is 2.82. The molecule has 1 heterocycles. The van der Waals surface area contributed by atoms with Gasteiger partial charge >= 0.3 is 0 Å². The van der Waals surface area contributed by atoms with E-state index in [1.54, 1.807) is 24.5 Å². The molecular formula is C15H16BrN3O2. The molecule has 3 N–H and O–H groups in total. The Hall–Kier alpha value is -2.08. The fourth-order valence-electron chi connectivity index (χ4n) is 1.73. The lowest BCUT2D eigenvalue weighted by Crippen LogP contribution is -2.16. The van der Waals surface area contributed by atoms with Crippen molar-refractivity contribution in [2.75, 3.05) is 17.7 Å². The molecule has 21 heavy (non-hydrogen) atoms. The molecule has 0 aliphatic carbocycles. The van der Waals surface area contributed by atoms with E-state index in [2.05, 4.69) is 26.2 Å². The van der Waals surface area contributed by atoms with Crippen molar-refractivity contribution < 1.29 is 9.53 Å². The summed E-state index contributed by atoms with van der Waals surface area (Å²) in [4.78, 5) is 15.9. The highest BCUT2D eigenvalue weighted by Crippen LogP contribution is 2.20. The van der Waals surface area contributed by atoms with Crippen molar-refractivity contribution in [3.63, 3.8) is 0 Å². The first kappa shape index (κ1) is 15.3. The Morgan fingerprint density at radius 3 is 3.00 bits per heavy atom. The fourth-order valence-corrected chi connectivity index (χ4v) is 2.08. The third-order valence-electron chi connectivity index (χ3n) is 2.93. The zero-order valence-electron chi connectivity index (χ0n) is 11.6. The minimum atomic E-state index is -0.119. The summed E-state index contributed by atoms with van der Waals surface area (Å²) in [6, 6.07) is 7.23. The summed E-state index contributed by atoms with van der Waals surface area (Å²) in [6.07, 6.45) is 3.52. The highest BCUT2D eigenvalue weighted by Gasteiger charge is 2.06. The number of nitrogen functional groups attached to an aromatic ring is 1. The van der Waals surface area contributed by atoms with Gasteiger partial charge in [0.05, 0.1) is 19.2 Å². The van der Waals surface area contributed by atoms with E-state index in [9.17, 15) is 4.79 Å². The normalized spacial score (nSPS) is 10.2. The Morgan fingerprint density at radius 2 is 2.24 bits per heavy atom. The van der Waals surface area contributed by atoms with Gasteiger partial charge in [0.2, 0.25) is 5.91 Å². The van der Waals surface area contributed by atoms with Crippen molar-refractivity contribution in [2.45, 2.75) is 13.3 Å². The van der Waals surface area contributed by atoms with Gasteiger partial charge < -0.3 is 15.8 Å². The molecule has 0 saturated heterocycles. The van der Waals surface area contributed by atoms with Gasteiger partial charge in [-0.1, -0.05) is 6.07 Å². The lowest BCUT2D eigenvalue weighted by atomic mass is 10.1. The fraction of sp³-hybridized carbons (Fsp3) is 0.200. The number of hydrogen-bond donors (Lipinski definition) is 2. The molecule has 1 aromatic heterocycles. The topological polar surface area (TPSA) is 77.2 Å². The molecule has 2 aromatic rings. The molecule has 0 aliphatic rings. The zero-order chi connectivity index (χ0) is 15.2. The van der Waals surface area contributed by atoms with E-state index in [1.807, 2.05) is 19.1 Å². The Bertz CT molecular complexity index is 647. The minimum absolute atomic E-state index is 0.119. The summed E-state index contributed by atoms with van der Waals surface area (Å²) in [5.41, 5.74) is 8.05. The predicted octanol–water partition coefficient (Wildman–Crippen LogP) is 3.14. The molecule has 1 aromatic carbocycles. The number of ether oxygens (including phenoxy) is 1. The van der Waals surface area contributed by atoms with Crippen LogP contribution in [0.3, 0.4) is 0 Å². The summed E-state index contributed by atoms with van der Waals surface area (Å²) >= 11 is 3.31. The van der Waals surface area contributed by atoms with E-state index < -0.39 is 0 Å². The van der Waals surface area contributed by atoms with E-state index in [0.29, 0.717) is 11.4 Å². The second kappa shape index (κ2) is 7.08. The van der Waals surface area contributed by atoms with Crippen LogP contribution in [0.15, 0.2) is 41.1 Å². The first-order valence-electron chi connectivity index (χ1n) is 6.44. The van der Waals surface area contributed by atoms with Crippen molar-refractivity contribution in [3.05, 3.63) is 46.7 Å². The second-order valence-electron chi connectivity index (χ2n) is 4.51. The quantitative estimate of drug-likeness (QED) is 0.813. The maximum atomic E-state index is 11.9. The molecule has 0 aliphatic heterocycles. The summed E-state index contributed by atoms with van der Waals surface area (Å²) in [5.74, 6) is 0.504. The Kier molecular flexibility index (Phi) is 5.16. The standard InChI is InChI=1S/C15H16BrN3O2/c1-10-13(17)3-2-4-14(10)19-15(20)5-6-21-12-7-11(16)8-18-9-12/h2-4,7-9H,5-6,17H2,1H3,(H,19,20). The Morgan fingerprint density at radius 1 is 1.43 bits per heavy atom. The monoisotopic (exact) mass is 349 g/mol. The van der Waals surface area contributed by atoms with Gasteiger partial charge in [0.15, 0.2) is 0 Å². The van der Waals surface area contributed by atoms with Crippen LogP contribution in [0.1, 0.15) is 12.0 Å². The maximum absolute atomic E-state index is 11.9. The van der Waals surface area contributed by atoms with Gasteiger partial charge in [0.1, 0.15) is 5.75 Å². The Labute approximate surface area is 131 Å². The molecule has 0 unspecified atom stereocenters. The van der Waals surface area contributed by atoms with Gasteiger partial charge in [-0.2, -0.15) is 0 Å². The number of rotatable bonds is 5. The van der Waals surface area contributed by atoms with Crippen LogP contribution in [0.25, 0.3) is 0 Å². The molecule has 0 spiro atoms. The van der Waals surface area contributed by atoms with Gasteiger partial charge in [0, 0.05) is 22.0 Å². The molecule has 0 saturated carbocycles. The predicted molar refractivity (Wildman–Crippen MR) is 86.3 cm³/mol. The Balaban J connectivity index is 1.84. The average Bonchev–Trinajstić information content (AvgIpc) is 2.44. The van der Waals surface area contributed by atoms with Gasteiger partial charge in [-0.3, -0.25) is 9.78 Å². The molecule has 0 atom stereocenters. The first-order chi connectivity index (χ1) is 10.1. The van der Waals surface area contributed by atoms with Crippen molar-refractivity contribution in [3.8, 4) is 5.75 Å². The molecule has 0 radical (unpaired) electrons. The number of nitrogens with two attached hydrogens (primary N) is 1. The SMILES string of the molecule is Cc1c(N)cccc1NC(=O)CCOc1cncc(Br)c1. The number of hydrogen-bond acceptors (Lipinski definition) is 4. The van der Waals surface area contributed by atoms with Gasteiger partial charge in [-0.15, -0.1) is 0 Å². The van der Waals surface area contributed by atoms with Crippen LogP contribution in [0.2, 0.25) is 0 Å². The van der Waals surface area contributed by atoms with Crippen LogP contribution in [-0.4, -0.2) is 17.5 Å². The third-order valence-corrected chi connectivity index (χ3v) is 3.36. The molecule has 6 heteroatoms. The number of nitrogens with one attached hydrogen (secondary N) is 1. The third kappa shape index (κ3) is 4.46. The van der Waals surface area contributed by atoms with Crippen LogP contribution in [0.5, 0.6) is 5.75 Å². The number of anilines is 2. The van der Waals surface area contributed by atoms with Crippen LogP contribution >= 0.6 is 15.9 Å². The zero-order valence-corrected chi connectivity index (χ0v) is 13.2. The van der Waals surface area contributed by atoms with Crippen molar-refractivity contribution in [2.24, 2.45) is 0 Å². The van der Waals surface area contributed by atoms with Gasteiger partial charge in [-0.05, 0) is 46.6 Å². The molecule has 0 fully saturated rings. The maximum Gasteiger partial charge on any atom is 0.227 e. The first-order valence-corrected chi connectivity index (χ1v) is 7.24. The highest BCUT2D eigenvalue weighted by atomic mass is 79.9. The largest absolute Gasteiger partial charge is 0.491 e. The van der Waals surface area contributed by atoms with E-state index in [1.165, 1.54) is 0 Å². The number of amides is 1. The summed E-state index contributed by atoms with van der Waals surface area (Å²) in [6.45, 7) is 2.15. The molecule has 0 bridgehead atoms. The van der Waals surface area contributed by atoms with Crippen LogP contribution in [0.4, 0.5) is 11.4 Å². The molecule has 5 nitrogen and oxygen atoms in total. The number of aromatic nitrogens is 1. The number of carbonyl (C=O) groups excluding carboxylic acids is 1. The van der Waals surface area contributed by atoms with E-state index in [0.717, 1.165) is 15.7 Å². The number of halogens is 1. The summed E-state index contributed by atoms with van der Waals surface area (Å²) < 4.78 is 6.30. The smallest absolute Gasteiger partial charge is 0.227 e. The van der Waals surface area contributed by atoms with Crippen LogP contribution in [0, 0.1) is 6.92 Å². The van der Waals surface area contributed by atoms with Crippen molar-refractivity contribution in [1.29, 1.82) is 0 Å². The molecule has 1 amide bonds. The van der Waals surface area contributed by atoms with Gasteiger partial charge in [0.25, 0.3) is 0 Å². The molecule has 110 valence electrons. The number of pyridine rings is 1. The lowest BCUT2D eigenvalue weighted by molar-refractivity contribution is -0.116. The van der Waals surface area contributed by atoms with E-state index in [-0.39, 0.29) is 18.9 Å². The van der Waals surface area contributed by atoms with Crippen molar-refractivity contribution in [1.82, 2.24) is 4.98 Å². The number of carbonyl (C=O) groups is 1. The number of nitrogens with zero attached hydrogens (tertiary/aromatic N) is 1.